The molecule has 0 saturated carbocycles. The van der Waals surface area contributed by atoms with E-state index in [0.717, 1.165) is 35.4 Å². The molecule has 7 nitrogen and oxygen atoms in total. The average Bonchev–Trinajstić information content (AvgIpc) is 3.26. The number of ketones is 1. The number of unbranched alkanes of at least 4 members (excludes halogenated alkanes) is 1. The first-order valence-corrected chi connectivity index (χ1v) is 11.3. The summed E-state index contributed by atoms with van der Waals surface area (Å²) in [5.74, 6) is -0.133. The van der Waals surface area contributed by atoms with Crippen molar-refractivity contribution in [3.63, 3.8) is 0 Å². The lowest BCUT2D eigenvalue weighted by molar-refractivity contribution is 0.0697. The number of nitrogens with zero attached hydrogens (tertiary/aromatic N) is 4. The standard InChI is InChI=1S/C27H26N4O3/c1-2-3-16-31-24(29-26(30-31)23(32)17-19-8-5-4-6-9-19)18-20-11-13-21(14-12-20)25-22(27(33)34)10-7-15-28-25/h4-15H,2-3,16-18H2,1H3,(H,33,34). The quantitative estimate of drug-likeness (QED) is 0.344. The van der Waals surface area contributed by atoms with Gasteiger partial charge in [-0.25, -0.2) is 14.5 Å². The highest BCUT2D eigenvalue weighted by molar-refractivity contribution is 5.95. The van der Waals surface area contributed by atoms with E-state index in [0.29, 0.717) is 18.7 Å². The van der Waals surface area contributed by atoms with Gasteiger partial charge in [-0.2, -0.15) is 0 Å². The van der Waals surface area contributed by atoms with Gasteiger partial charge in [0.1, 0.15) is 5.82 Å². The first kappa shape index (κ1) is 23.0. The number of carbonyl (C=O) groups is 2. The summed E-state index contributed by atoms with van der Waals surface area (Å²) >= 11 is 0. The molecule has 0 fully saturated rings. The number of Topliss-reactive ketones (excluding diaryl/α,β-unsaturated/α-hetero) is 1. The minimum atomic E-state index is -1.01. The van der Waals surface area contributed by atoms with E-state index in [9.17, 15) is 14.7 Å². The summed E-state index contributed by atoms with van der Waals surface area (Å²) in [7, 11) is 0. The normalized spacial score (nSPS) is 10.9. The predicted molar refractivity (Wildman–Crippen MR) is 129 cm³/mol. The molecule has 0 bridgehead atoms. The number of aromatic carboxylic acids is 1. The highest BCUT2D eigenvalue weighted by atomic mass is 16.4. The zero-order valence-corrected chi connectivity index (χ0v) is 19.0. The van der Waals surface area contributed by atoms with Gasteiger partial charge >= 0.3 is 5.97 Å². The van der Waals surface area contributed by atoms with Crippen LogP contribution in [0, 0.1) is 0 Å². The fourth-order valence-corrected chi connectivity index (χ4v) is 3.74. The van der Waals surface area contributed by atoms with Gasteiger partial charge in [0.05, 0.1) is 11.3 Å². The molecular formula is C27H26N4O3. The van der Waals surface area contributed by atoms with Gasteiger partial charge in [-0.05, 0) is 29.7 Å². The summed E-state index contributed by atoms with van der Waals surface area (Å²) < 4.78 is 1.83. The lowest BCUT2D eigenvalue weighted by atomic mass is 10.0. The number of carbonyl (C=O) groups excluding carboxylic acids is 1. The Hall–Kier alpha value is -4.13. The van der Waals surface area contributed by atoms with Crippen molar-refractivity contribution < 1.29 is 14.7 Å². The maximum atomic E-state index is 12.8. The molecule has 7 heteroatoms. The molecule has 172 valence electrons. The van der Waals surface area contributed by atoms with Gasteiger partial charge in [0.2, 0.25) is 11.6 Å². The van der Waals surface area contributed by atoms with Crippen molar-refractivity contribution in [3.8, 4) is 11.3 Å². The van der Waals surface area contributed by atoms with Crippen LogP contribution in [0.5, 0.6) is 0 Å². The minimum absolute atomic E-state index is 0.102. The van der Waals surface area contributed by atoms with E-state index >= 15 is 0 Å². The van der Waals surface area contributed by atoms with Crippen LogP contribution in [-0.2, 0) is 19.4 Å². The molecule has 0 aliphatic rings. The van der Waals surface area contributed by atoms with Gasteiger partial charge in [-0.15, -0.1) is 5.10 Å². The van der Waals surface area contributed by atoms with Crippen LogP contribution >= 0.6 is 0 Å². The summed E-state index contributed by atoms with van der Waals surface area (Å²) in [4.78, 5) is 33.1. The van der Waals surface area contributed by atoms with E-state index in [1.54, 1.807) is 18.3 Å². The molecule has 2 aromatic heterocycles. The van der Waals surface area contributed by atoms with Crippen molar-refractivity contribution in [1.29, 1.82) is 0 Å². The zero-order chi connectivity index (χ0) is 23.9. The summed E-state index contributed by atoms with van der Waals surface area (Å²) in [6.45, 7) is 2.81. The van der Waals surface area contributed by atoms with Crippen LogP contribution < -0.4 is 0 Å². The maximum absolute atomic E-state index is 12.8. The van der Waals surface area contributed by atoms with Crippen LogP contribution in [-0.4, -0.2) is 36.6 Å². The highest BCUT2D eigenvalue weighted by Crippen LogP contribution is 2.22. The van der Waals surface area contributed by atoms with Crippen molar-refractivity contribution in [2.24, 2.45) is 0 Å². The van der Waals surface area contributed by atoms with E-state index in [2.05, 4.69) is 22.0 Å². The van der Waals surface area contributed by atoms with Crippen molar-refractivity contribution in [2.75, 3.05) is 0 Å². The molecule has 0 atom stereocenters. The number of pyridine rings is 1. The second-order valence-corrected chi connectivity index (χ2v) is 8.09. The van der Waals surface area contributed by atoms with Gasteiger partial charge in [0.25, 0.3) is 0 Å². The molecule has 0 aliphatic carbocycles. The van der Waals surface area contributed by atoms with E-state index in [1.165, 1.54) is 0 Å². The number of rotatable bonds is 10. The summed E-state index contributed by atoms with van der Waals surface area (Å²) in [5, 5.41) is 13.9. The molecule has 4 aromatic rings. The molecule has 0 saturated heterocycles. The maximum Gasteiger partial charge on any atom is 0.337 e. The van der Waals surface area contributed by atoms with E-state index in [4.69, 9.17) is 0 Å². The predicted octanol–water partition coefficient (Wildman–Crippen LogP) is 4.85. The van der Waals surface area contributed by atoms with Crippen LogP contribution in [0.25, 0.3) is 11.3 Å². The second-order valence-electron chi connectivity index (χ2n) is 8.09. The van der Waals surface area contributed by atoms with Crippen molar-refractivity contribution in [2.45, 2.75) is 39.2 Å². The molecule has 4 rings (SSSR count). The van der Waals surface area contributed by atoms with Crippen molar-refractivity contribution in [3.05, 3.63) is 101 Å². The third-order valence-electron chi connectivity index (χ3n) is 5.56. The number of aryl methyl sites for hydroxylation is 1. The Bertz CT molecular complexity index is 1280. The Morgan fingerprint density at radius 2 is 1.71 bits per heavy atom. The van der Waals surface area contributed by atoms with Crippen LogP contribution in [0.4, 0.5) is 0 Å². The van der Waals surface area contributed by atoms with Crippen LogP contribution in [0.1, 0.15) is 57.7 Å². The van der Waals surface area contributed by atoms with Crippen molar-refractivity contribution >= 4 is 11.8 Å². The Labute approximate surface area is 198 Å². The Morgan fingerprint density at radius 3 is 2.41 bits per heavy atom. The number of carboxylic acid groups (broad SMARTS) is 1. The lowest BCUT2D eigenvalue weighted by Gasteiger charge is -2.07. The van der Waals surface area contributed by atoms with E-state index < -0.39 is 5.97 Å². The highest BCUT2D eigenvalue weighted by Gasteiger charge is 2.18. The molecule has 34 heavy (non-hydrogen) atoms. The van der Waals surface area contributed by atoms with Gasteiger partial charge < -0.3 is 5.11 Å². The zero-order valence-electron chi connectivity index (χ0n) is 19.0. The summed E-state index contributed by atoms with van der Waals surface area (Å²) in [6.07, 6.45) is 4.32. The largest absolute Gasteiger partial charge is 0.478 e. The fraction of sp³-hybridized carbons (Fsp3) is 0.222. The van der Waals surface area contributed by atoms with Crippen molar-refractivity contribution in [1.82, 2.24) is 19.7 Å². The number of hydrogen-bond acceptors (Lipinski definition) is 5. The fourth-order valence-electron chi connectivity index (χ4n) is 3.74. The molecule has 0 amide bonds. The second kappa shape index (κ2) is 10.7. The lowest BCUT2D eigenvalue weighted by Crippen LogP contribution is -2.08. The molecule has 0 aliphatic heterocycles. The number of benzene rings is 2. The van der Waals surface area contributed by atoms with Gasteiger partial charge in [0, 0.05) is 31.1 Å². The molecule has 0 spiro atoms. The molecule has 2 heterocycles. The van der Waals surface area contributed by atoms with Gasteiger partial charge in [-0.1, -0.05) is 67.9 Å². The summed E-state index contributed by atoms with van der Waals surface area (Å²) in [6, 6.07) is 20.3. The first-order chi connectivity index (χ1) is 16.5. The van der Waals surface area contributed by atoms with Crippen LogP contribution in [0.3, 0.4) is 0 Å². The van der Waals surface area contributed by atoms with Gasteiger partial charge in [-0.3, -0.25) is 9.78 Å². The Kier molecular flexibility index (Phi) is 7.22. The van der Waals surface area contributed by atoms with Crippen LogP contribution in [0.15, 0.2) is 72.9 Å². The third kappa shape index (κ3) is 5.43. The number of hydrogen-bond donors (Lipinski definition) is 1. The monoisotopic (exact) mass is 454 g/mol. The Morgan fingerprint density at radius 1 is 0.941 bits per heavy atom. The average molecular weight is 455 g/mol. The summed E-state index contributed by atoms with van der Waals surface area (Å²) in [5.41, 5.74) is 3.25. The smallest absolute Gasteiger partial charge is 0.337 e. The first-order valence-electron chi connectivity index (χ1n) is 11.3. The van der Waals surface area contributed by atoms with E-state index in [1.807, 2.05) is 59.3 Å². The Balaban J connectivity index is 1.55. The van der Waals surface area contributed by atoms with E-state index in [-0.39, 0.29) is 23.6 Å². The SMILES string of the molecule is CCCCn1nc(C(=O)Cc2ccccc2)nc1Cc1ccc(-c2ncccc2C(=O)O)cc1. The number of aromatic nitrogens is 4. The molecule has 1 N–H and O–H groups in total. The topological polar surface area (TPSA) is 98.0 Å². The number of carboxylic acids is 1. The third-order valence-corrected chi connectivity index (χ3v) is 5.56. The minimum Gasteiger partial charge on any atom is -0.478 e. The molecule has 2 aromatic carbocycles. The molecule has 0 radical (unpaired) electrons. The van der Waals surface area contributed by atoms with Crippen LogP contribution in [0.2, 0.25) is 0 Å². The van der Waals surface area contributed by atoms with Gasteiger partial charge in [0.15, 0.2) is 0 Å². The molecular weight excluding hydrogens is 428 g/mol. The molecule has 0 unspecified atom stereocenters.